The van der Waals surface area contributed by atoms with Gasteiger partial charge < -0.3 is 0 Å². The van der Waals surface area contributed by atoms with E-state index in [2.05, 4.69) is 0 Å². The third kappa shape index (κ3) is 3.41. The van der Waals surface area contributed by atoms with Crippen LogP contribution in [0, 0.1) is 13.8 Å². The molecule has 0 aliphatic carbocycles. The summed E-state index contributed by atoms with van der Waals surface area (Å²) < 4.78 is 65.3. The predicted molar refractivity (Wildman–Crippen MR) is 78.2 cm³/mol. The first kappa shape index (κ1) is 16.4. The van der Waals surface area contributed by atoms with Gasteiger partial charge in [0.25, 0.3) is 10.0 Å². The van der Waals surface area contributed by atoms with Crippen LogP contribution in [0.1, 0.15) is 16.7 Å². The number of halogens is 3. The molecule has 2 aromatic carbocycles. The van der Waals surface area contributed by atoms with Crippen LogP contribution in [0.2, 0.25) is 0 Å². The molecule has 0 unspecified atom stereocenters. The Labute approximate surface area is 126 Å². The molecule has 118 valence electrons. The van der Waals surface area contributed by atoms with Crippen molar-refractivity contribution in [2.75, 3.05) is 4.72 Å². The number of rotatable bonds is 3. The fourth-order valence-corrected chi connectivity index (χ4v) is 3.07. The topological polar surface area (TPSA) is 46.2 Å². The number of nitrogens with one attached hydrogen (secondary N) is 1. The monoisotopic (exact) mass is 329 g/mol. The van der Waals surface area contributed by atoms with Gasteiger partial charge in [0.1, 0.15) is 0 Å². The minimum atomic E-state index is -4.64. The number of hydrogen-bond donors (Lipinski definition) is 1. The van der Waals surface area contributed by atoms with Gasteiger partial charge in [-0.05, 0) is 49.2 Å². The summed E-state index contributed by atoms with van der Waals surface area (Å²) in [6, 6.07) is 8.86. The molecule has 3 nitrogen and oxygen atoms in total. The molecule has 0 amide bonds. The fraction of sp³-hybridized carbons (Fsp3) is 0.200. The number of para-hydroxylation sites is 1. The summed E-state index contributed by atoms with van der Waals surface area (Å²) in [7, 11) is -4.09. The molecule has 0 spiro atoms. The molecular formula is C15H14F3NO2S. The molecule has 0 atom stereocenters. The smallest absolute Gasteiger partial charge is 0.279 e. The second kappa shape index (κ2) is 5.64. The largest absolute Gasteiger partial charge is 0.418 e. The van der Waals surface area contributed by atoms with Gasteiger partial charge in [0.15, 0.2) is 0 Å². The molecule has 0 radical (unpaired) electrons. The summed E-state index contributed by atoms with van der Waals surface area (Å²) in [5, 5.41) is 0. The minimum absolute atomic E-state index is 0.0763. The van der Waals surface area contributed by atoms with Crippen molar-refractivity contribution in [2.45, 2.75) is 24.9 Å². The van der Waals surface area contributed by atoms with Crippen LogP contribution in [-0.4, -0.2) is 8.42 Å². The second-order valence-corrected chi connectivity index (χ2v) is 6.58. The maximum Gasteiger partial charge on any atom is 0.418 e. The molecular weight excluding hydrogens is 315 g/mol. The Hall–Kier alpha value is -2.02. The first-order valence-electron chi connectivity index (χ1n) is 6.37. The molecule has 2 aromatic rings. The Bertz CT molecular complexity index is 799. The van der Waals surface area contributed by atoms with E-state index in [0.29, 0.717) is 0 Å². The normalized spacial score (nSPS) is 12.2. The van der Waals surface area contributed by atoms with Crippen molar-refractivity contribution in [2.24, 2.45) is 0 Å². The highest BCUT2D eigenvalue weighted by atomic mass is 32.2. The number of aryl methyl sites for hydroxylation is 2. The van der Waals surface area contributed by atoms with E-state index in [1.807, 2.05) is 11.6 Å². The van der Waals surface area contributed by atoms with Crippen molar-refractivity contribution >= 4 is 15.7 Å². The summed E-state index contributed by atoms with van der Waals surface area (Å²) in [6.07, 6.45) is -4.64. The van der Waals surface area contributed by atoms with Crippen LogP contribution in [0.25, 0.3) is 0 Å². The van der Waals surface area contributed by atoms with Crippen molar-refractivity contribution in [1.29, 1.82) is 0 Å². The summed E-state index contributed by atoms with van der Waals surface area (Å²) >= 11 is 0. The van der Waals surface area contributed by atoms with Gasteiger partial charge in [0, 0.05) is 0 Å². The lowest BCUT2D eigenvalue weighted by molar-refractivity contribution is -0.136. The fourth-order valence-electron chi connectivity index (χ4n) is 1.90. The van der Waals surface area contributed by atoms with E-state index in [4.69, 9.17) is 0 Å². The van der Waals surface area contributed by atoms with Crippen molar-refractivity contribution in [3.05, 3.63) is 59.2 Å². The van der Waals surface area contributed by atoms with Crippen LogP contribution >= 0.6 is 0 Å². The molecule has 0 heterocycles. The molecule has 0 aliphatic rings. The second-order valence-electron chi connectivity index (χ2n) is 4.89. The summed E-state index contributed by atoms with van der Waals surface area (Å²) in [5.74, 6) is 0. The van der Waals surface area contributed by atoms with Crippen LogP contribution < -0.4 is 4.72 Å². The Morgan fingerprint density at radius 3 is 2.18 bits per heavy atom. The van der Waals surface area contributed by atoms with Gasteiger partial charge in [0.05, 0.1) is 16.1 Å². The lowest BCUT2D eigenvalue weighted by Crippen LogP contribution is -2.17. The zero-order chi connectivity index (χ0) is 16.5. The standard InChI is InChI=1S/C15H14F3NO2S/c1-10-7-8-12(9-11(10)2)22(20,21)19-14-6-4-3-5-13(14)15(16,17)18/h3-9,19H,1-2H3. The van der Waals surface area contributed by atoms with Crippen molar-refractivity contribution in [1.82, 2.24) is 0 Å². The van der Waals surface area contributed by atoms with E-state index < -0.39 is 27.5 Å². The predicted octanol–water partition coefficient (Wildman–Crippen LogP) is 4.12. The average molecular weight is 329 g/mol. The first-order valence-corrected chi connectivity index (χ1v) is 7.86. The van der Waals surface area contributed by atoms with Crippen LogP contribution in [0.5, 0.6) is 0 Å². The highest BCUT2D eigenvalue weighted by Crippen LogP contribution is 2.35. The van der Waals surface area contributed by atoms with E-state index in [9.17, 15) is 21.6 Å². The van der Waals surface area contributed by atoms with E-state index >= 15 is 0 Å². The van der Waals surface area contributed by atoms with E-state index in [1.54, 1.807) is 13.0 Å². The number of alkyl halides is 3. The lowest BCUT2D eigenvalue weighted by Gasteiger charge is -2.15. The highest BCUT2D eigenvalue weighted by molar-refractivity contribution is 7.92. The average Bonchev–Trinajstić information content (AvgIpc) is 2.40. The van der Waals surface area contributed by atoms with Crippen LogP contribution in [0.15, 0.2) is 47.4 Å². The van der Waals surface area contributed by atoms with Crippen LogP contribution in [0.3, 0.4) is 0 Å². The van der Waals surface area contributed by atoms with Gasteiger partial charge >= 0.3 is 6.18 Å². The SMILES string of the molecule is Cc1ccc(S(=O)(=O)Nc2ccccc2C(F)(F)F)cc1C. The maximum atomic E-state index is 12.9. The van der Waals surface area contributed by atoms with Crippen LogP contribution in [-0.2, 0) is 16.2 Å². The Balaban J connectivity index is 2.44. The molecule has 7 heteroatoms. The summed E-state index contributed by atoms with van der Waals surface area (Å²) in [4.78, 5) is -0.0763. The number of benzene rings is 2. The zero-order valence-electron chi connectivity index (χ0n) is 11.9. The van der Waals surface area contributed by atoms with E-state index in [1.165, 1.54) is 24.3 Å². The number of anilines is 1. The molecule has 0 aliphatic heterocycles. The Morgan fingerprint density at radius 2 is 1.59 bits per heavy atom. The Morgan fingerprint density at radius 1 is 0.955 bits per heavy atom. The number of hydrogen-bond acceptors (Lipinski definition) is 2. The third-order valence-electron chi connectivity index (χ3n) is 3.27. The summed E-state index contributed by atoms with van der Waals surface area (Å²) in [5.41, 5.74) is 0.122. The Kier molecular flexibility index (Phi) is 4.19. The van der Waals surface area contributed by atoms with E-state index in [-0.39, 0.29) is 4.90 Å². The maximum absolute atomic E-state index is 12.9. The zero-order valence-corrected chi connectivity index (χ0v) is 12.7. The third-order valence-corrected chi connectivity index (χ3v) is 4.63. The quantitative estimate of drug-likeness (QED) is 0.920. The summed E-state index contributed by atoms with van der Waals surface area (Å²) in [6.45, 7) is 3.55. The van der Waals surface area contributed by atoms with Gasteiger partial charge in [-0.2, -0.15) is 13.2 Å². The molecule has 22 heavy (non-hydrogen) atoms. The van der Waals surface area contributed by atoms with Crippen molar-refractivity contribution in [3.63, 3.8) is 0 Å². The molecule has 2 rings (SSSR count). The van der Waals surface area contributed by atoms with Gasteiger partial charge in [0.2, 0.25) is 0 Å². The van der Waals surface area contributed by atoms with Gasteiger partial charge in [-0.25, -0.2) is 8.42 Å². The molecule has 0 fully saturated rings. The van der Waals surface area contributed by atoms with E-state index in [0.717, 1.165) is 23.3 Å². The minimum Gasteiger partial charge on any atom is -0.279 e. The molecule has 0 bridgehead atoms. The van der Waals surface area contributed by atoms with Gasteiger partial charge in [-0.3, -0.25) is 4.72 Å². The first-order chi connectivity index (χ1) is 10.1. The van der Waals surface area contributed by atoms with Crippen molar-refractivity contribution in [3.8, 4) is 0 Å². The molecule has 0 aromatic heterocycles. The molecule has 1 N–H and O–H groups in total. The van der Waals surface area contributed by atoms with Crippen LogP contribution in [0.4, 0.5) is 18.9 Å². The van der Waals surface area contributed by atoms with Gasteiger partial charge in [-0.15, -0.1) is 0 Å². The number of sulfonamides is 1. The highest BCUT2D eigenvalue weighted by Gasteiger charge is 2.34. The molecule has 0 saturated carbocycles. The van der Waals surface area contributed by atoms with Crippen molar-refractivity contribution < 1.29 is 21.6 Å². The lowest BCUT2D eigenvalue weighted by atomic mass is 10.1. The van der Waals surface area contributed by atoms with Gasteiger partial charge in [-0.1, -0.05) is 18.2 Å². The molecule has 0 saturated heterocycles.